The molecule has 3 aromatic rings. The second-order valence-corrected chi connectivity index (χ2v) is 11.5. The number of methoxy groups -OCH3 is 2. The van der Waals surface area contributed by atoms with Crippen LogP contribution in [0.1, 0.15) is 46.4 Å². The molecule has 246 valence electrons. The van der Waals surface area contributed by atoms with Gasteiger partial charge in [-0.15, -0.1) is 0 Å². The SMILES string of the molecule is COCCCN1CC(=O)N[C@H]2CN(C(=O)c3ccc(C#N)nc3)CC[C@H]2OCc2cccc(c2)Oc2ccc(cc2OC)CCC1=O. The minimum Gasteiger partial charge on any atom is -0.493 e. The van der Waals surface area contributed by atoms with Crippen LogP contribution in [0.2, 0.25) is 0 Å². The molecule has 0 spiro atoms. The highest BCUT2D eigenvalue weighted by molar-refractivity contribution is 5.94. The van der Waals surface area contributed by atoms with E-state index in [0.29, 0.717) is 61.8 Å². The van der Waals surface area contributed by atoms with Crippen LogP contribution in [0.15, 0.2) is 60.8 Å². The molecule has 12 nitrogen and oxygen atoms in total. The van der Waals surface area contributed by atoms with Gasteiger partial charge in [0.2, 0.25) is 11.8 Å². The molecule has 6 rings (SSSR count). The van der Waals surface area contributed by atoms with Crippen LogP contribution in [0.25, 0.3) is 0 Å². The van der Waals surface area contributed by atoms with Crippen LogP contribution in [0.3, 0.4) is 0 Å². The quantitative estimate of drug-likeness (QED) is 0.400. The molecule has 0 aliphatic carbocycles. The number of fused-ring (bicyclic) bond motifs is 9. The van der Waals surface area contributed by atoms with Gasteiger partial charge in [-0.1, -0.05) is 18.2 Å². The number of amides is 3. The zero-order valence-corrected chi connectivity index (χ0v) is 26.6. The maximum absolute atomic E-state index is 13.5. The molecule has 0 unspecified atom stereocenters. The average Bonchev–Trinajstić information content (AvgIpc) is 3.09. The number of nitriles is 1. The largest absolute Gasteiger partial charge is 0.493 e. The molecule has 2 atom stereocenters. The smallest absolute Gasteiger partial charge is 0.255 e. The summed E-state index contributed by atoms with van der Waals surface area (Å²) < 4.78 is 23.4. The average molecular weight is 642 g/mol. The molecular formula is C35H39N5O7. The Morgan fingerprint density at radius 1 is 1.11 bits per heavy atom. The van der Waals surface area contributed by atoms with Crippen molar-refractivity contribution in [1.29, 1.82) is 5.26 Å². The Hall–Kier alpha value is -4.99. The molecule has 1 fully saturated rings. The Kier molecular flexibility index (Phi) is 11.4. The van der Waals surface area contributed by atoms with Gasteiger partial charge in [0, 0.05) is 46.0 Å². The molecule has 4 heterocycles. The number of nitrogens with zero attached hydrogens (tertiary/aromatic N) is 4. The molecule has 12 heteroatoms. The Labute approximate surface area is 274 Å². The van der Waals surface area contributed by atoms with E-state index >= 15 is 0 Å². The molecule has 1 aromatic heterocycles. The van der Waals surface area contributed by atoms with Gasteiger partial charge >= 0.3 is 0 Å². The number of hydrogen-bond acceptors (Lipinski definition) is 9. The zero-order chi connectivity index (χ0) is 33.2. The number of nitrogens with one attached hydrogen (secondary N) is 1. The van der Waals surface area contributed by atoms with Crippen molar-refractivity contribution in [1.82, 2.24) is 20.1 Å². The number of aromatic nitrogens is 1. The predicted molar refractivity (Wildman–Crippen MR) is 171 cm³/mol. The van der Waals surface area contributed by atoms with E-state index in [9.17, 15) is 14.4 Å². The number of aryl methyl sites for hydroxylation is 1. The van der Waals surface area contributed by atoms with Crippen LogP contribution in [0.5, 0.6) is 17.2 Å². The third kappa shape index (κ3) is 8.84. The minimum atomic E-state index is -0.538. The topological polar surface area (TPSA) is 143 Å². The molecule has 0 radical (unpaired) electrons. The normalized spacial score (nSPS) is 18.9. The maximum Gasteiger partial charge on any atom is 0.255 e. The van der Waals surface area contributed by atoms with E-state index in [1.807, 2.05) is 48.5 Å². The number of piperidine rings is 1. The first-order valence-corrected chi connectivity index (χ1v) is 15.6. The van der Waals surface area contributed by atoms with E-state index in [1.54, 1.807) is 30.1 Å². The lowest BCUT2D eigenvalue weighted by atomic mass is 10.0. The van der Waals surface area contributed by atoms with Gasteiger partial charge in [0.25, 0.3) is 5.91 Å². The van der Waals surface area contributed by atoms with E-state index in [1.165, 1.54) is 12.3 Å². The van der Waals surface area contributed by atoms with Gasteiger partial charge in [0.05, 0.1) is 38.0 Å². The van der Waals surface area contributed by atoms with Gasteiger partial charge in [-0.2, -0.15) is 5.26 Å². The van der Waals surface area contributed by atoms with E-state index in [4.69, 9.17) is 24.2 Å². The molecule has 3 amide bonds. The van der Waals surface area contributed by atoms with E-state index in [0.717, 1.165) is 11.1 Å². The van der Waals surface area contributed by atoms with Gasteiger partial charge in [-0.3, -0.25) is 14.4 Å². The standard InChI is InChI=1S/C35H39N5O7/c1-44-16-4-14-39-22-33(41)38-29-21-40(35(43)26-9-10-27(19-36)37-20-26)15-13-30(29)46-23-25-5-3-6-28(17-25)47-31-11-7-24(8-12-34(39)42)18-32(31)45-2/h3,5-7,9-11,17-18,20,29-30H,4,8,12-16,21-23H2,1-2H3,(H,38,41)/t29-,30+/m0/s1. The first-order chi connectivity index (χ1) is 22.9. The summed E-state index contributed by atoms with van der Waals surface area (Å²) >= 11 is 0. The van der Waals surface area contributed by atoms with E-state index in [-0.39, 0.29) is 49.5 Å². The van der Waals surface area contributed by atoms with Crippen molar-refractivity contribution in [2.45, 2.75) is 44.4 Å². The summed E-state index contributed by atoms with van der Waals surface area (Å²) in [6.45, 7) is 1.51. The molecule has 3 aliphatic heterocycles. The lowest BCUT2D eigenvalue weighted by Crippen LogP contribution is -2.58. The second kappa shape index (κ2) is 16.0. The highest BCUT2D eigenvalue weighted by atomic mass is 16.5. The highest BCUT2D eigenvalue weighted by Crippen LogP contribution is 2.33. The Bertz CT molecular complexity index is 1610. The van der Waals surface area contributed by atoms with Crippen LogP contribution < -0.4 is 14.8 Å². The lowest BCUT2D eigenvalue weighted by Gasteiger charge is -2.39. The van der Waals surface area contributed by atoms with Gasteiger partial charge < -0.3 is 34.1 Å². The highest BCUT2D eigenvalue weighted by Gasteiger charge is 2.34. The summed E-state index contributed by atoms with van der Waals surface area (Å²) in [5.41, 5.74) is 2.34. The van der Waals surface area contributed by atoms with E-state index < -0.39 is 12.1 Å². The van der Waals surface area contributed by atoms with Crippen molar-refractivity contribution in [3.8, 4) is 23.3 Å². The third-order valence-corrected chi connectivity index (χ3v) is 8.22. The third-order valence-electron chi connectivity index (χ3n) is 8.22. The minimum absolute atomic E-state index is 0.141. The predicted octanol–water partition coefficient (Wildman–Crippen LogP) is 3.48. The van der Waals surface area contributed by atoms with Crippen LogP contribution >= 0.6 is 0 Å². The van der Waals surface area contributed by atoms with Crippen LogP contribution in [0.4, 0.5) is 0 Å². The molecular weight excluding hydrogens is 602 g/mol. The molecule has 0 saturated carbocycles. The first-order valence-electron chi connectivity index (χ1n) is 15.6. The zero-order valence-electron chi connectivity index (χ0n) is 26.6. The fraction of sp³-hybridized carbons (Fsp3) is 0.400. The number of carbonyl (C=O) groups excluding carboxylic acids is 3. The van der Waals surface area contributed by atoms with Crippen molar-refractivity contribution in [3.63, 3.8) is 0 Å². The fourth-order valence-electron chi connectivity index (χ4n) is 5.73. The Morgan fingerprint density at radius 2 is 1.98 bits per heavy atom. The summed E-state index contributed by atoms with van der Waals surface area (Å²) in [5.74, 6) is 0.942. The van der Waals surface area contributed by atoms with E-state index in [2.05, 4.69) is 10.3 Å². The summed E-state index contributed by atoms with van der Waals surface area (Å²) in [5, 5.41) is 12.1. The fourth-order valence-corrected chi connectivity index (χ4v) is 5.73. The summed E-state index contributed by atoms with van der Waals surface area (Å²) in [6.07, 6.45) is 2.67. The maximum atomic E-state index is 13.5. The van der Waals surface area contributed by atoms with Crippen molar-refractivity contribution in [3.05, 3.63) is 83.2 Å². The summed E-state index contributed by atoms with van der Waals surface area (Å²) in [4.78, 5) is 47.6. The van der Waals surface area contributed by atoms with Gasteiger partial charge in [0.1, 0.15) is 17.5 Å². The molecule has 1 saturated heterocycles. The van der Waals surface area contributed by atoms with Gasteiger partial charge in [-0.25, -0.2) is 4.98 Å². The molecule has 47 heavy (non-hydrogen) atoms. The number of hydrogen-bond donors (Lipinski definition) is 1. The molecule has 4 bridgehead atoms. The van der Waals surface area contributed by atoms with Crippen molar-refractivity contribution < 1.29 is 33.3 Å². The number of carbonyl (C=O) groups is 3. The number of ether oxygens (including phenoxy) is 4. The Morgan fingerprint density at radius 3 is 2.74 bits per heavy atom. The molecule has 3 aliphatic rings. The number of benzene rings is 2. The summed E-state index contributed by atoms with van der Waals surface area (Å²) in [7, 11) is 3.17. The lowest BCUT2D eigenvalue weighted by molar-refractivity contribution is -0.137. The molecule has 1 N–H and O–H groups in total. The number of pyridine rings is 1. The van der Waals surface area contributed by atoms with Gasteiger partial charge in [-0.05, 0) is 66.8 Å². The van der Waals surface area contributed by atoms with Crippen LogP contribution in [0, 0.1) is 11.3 Å². The van der Waals surface area contributed by atoms with Crippen molar-refractivity contribution in [2.24, 2.45) is 0 Å². The molecule has 2 aromatic carbocycles. The monoisotopic (exact) mass is 641 g/mol. The van der Waals surface area contributed by atoms with Crippen molar-refractivity contribution in [2.75, 3.05) is 47.0 Å². The number of rotatable bonds is 6. The van der Waals surface area contributed by atoms with Crippen LogP contribution in [-0.4, -0.2) is 91.7 Å². The second-order valence-electron chi connectivity index (χ2n) is 11.5. The number of likely N-dealkylation sites (tertiary alicyclic amines) is 1. The van der Waals surface area contributed by atoms with Crippen molar-refractivity contribution >= 4 is 17.7 Å². The first kappa shape index (κ1) is 33.4. The van der Waals surface area contributed by atoms with Gasteiger partial charge in [0.15, 0.2) is 11.5 Å². The van der Waals surface area contributed by atoms with Crippen LogP contribution in [-0.2, 0) is 32.1 Å². The summed E-state index contributed by atoms with van der Waals surface area (Å²) in [6, 6.07) is 17.6. The Balaban J connectivity index is 1.40.